The van der Waals surface area contributed by atoms with Gasteiger partial charge in [0.15, 0.2) is 5.82 Å². The molecule has 2 aromatic rings. The van der Waals surface area contributed by atoms with Gasteiger partial charge in [0.1, 0.15) is 0 Å². The van der Waals surface area contributed by atoms with E-state index in [9.17, 15) is 9.18 Å². The molecule has 1 aromatic carbocycles. The highest BCUT2D eigenvalue weighted by Crippen LogP contribution is 2.13. The number of pyridine rings is 1. The average Bonchev–Trinajstić information content (AvgIpc) is 2.41. The van der Waals surface area contributed by atoms with Crippen molar-refractivity contribution in [2.24, 2.45) is 0 Å². The maximum Gasteiger partial charge on any atom is 0.255 e. The third-order valence-electron chi connectivity index (χ3n) is 2.39. The molecule has 5 heteroatoms. The Balaban J connectivity index is 2.14. The van der Waals surface area contributed by atoms with E-state index < -0.39 is 5.82 Å². The minimum absolute atomic E-state index is 0.108. The number of amides is 1. The standard InChI is InChI=1S/C13H10ClFN2O/c14-7-9-1-3-10(4-2-9)13(18)17-12-5-6-16-8-11(12)15/h1-6,8H,7H2,(H,16,17,18). The molecule has 92 valence electrons. The van der Waals surface area contributed by atoms with E-state index in [2.05, 4.69) is 10.3 Å². The van der Waals surface area contributed by atoms with Crippen molar-refractivity contribution in [3.8, 4) is 0 Å². The number of benzene rings is 1. The number of nitrogens with zero attached hydrogens (tertiary/aromatic N) is 1. The number of hydrogen-bond donors (Lipinski definition) is 1. The summed E-state index contributed by atoms with van der Waals surface area (Å²) in [7, 11) is 0. The second-order valence-electron chi connectivity index (χ2n) is 3.64. The van der Waals surface area contributed by atoms with Crippen molar-refractivity contribution in [1.82, 2.24) is 4.98 Å². The maximum atomic E-state index is 13.3. The second kappa shape index (κ2) is 5.60. The molecule has 0 aliphatic heterocycles. The quantitative estimate of drug-likeness (QED) is 0.865. The van der Waals surface area contributed by atoms with Crippen molar-refractivity contribution < 1.29 is 9.18 Å². The lowest BCUT2D eigenvalue weighted by Crippen LogP contribution is -2.13. The summed E-state index contributed by atoms with van der Waals surface area (Å²) in [6.45, 7) is 0. The molecule has 2 rings (SSSR count). The summed E-state index contributed by atoms with van der Waals surface area (Å²) in [6, 6.07) is 8.20. The van der Waals surface area contributed by atoms with E-state index in [1.165, 1.54) is 12.3 Å². The van der Waals surface area contributed by atoms with Crippen molar-refractivity contribution >= 4 is 23.2 Å². The number of alkyl halides is 1. The smallest absolute Gasteiger partial charge is 0.255 e. The second-order valence-corrected chi connectivity index (χ2v) is 3.91. The van der Waals surface area contributed by atoms with Gasteiger partial charge in [-0.2, -0.15) is 0 Å². The summed E-state index contributed by atoms with van der Waals surface area (Å²) in [5, 5.41) is 2.48. The first kappa shape index (κ1) is 12.5. The summed E-state index contributed by atoms with van der Waals surface area (Å²) >= 11 is 5.65. The zero-order chi connectivity index (χ0) is 13.0. The Bertz CT molecular complexity index is 557. The molecule has 3 nitrogen and oxygen atoms in total. The summed E-state index contributed by atoms with van der Waals surface area (Å²) in [5.41, 5.74) is 1.47. The van der Waals surface area contributed by atoms with Gasteiger partial charge in [-0.3, -0.25) is 9.78 Å². The number of carbonyl (C=O) groups excluding carboxylic acids is 1. The molecular formula is C13H10ClFN2O. The number of carbonyl (C=O) groups is 1. The van der Waals surface area contributed by atoms with Gasteiger partial charge in [0.25, 0.3) is 5.91 Å². The first-order valence-electron chi connectivity index (χ1n) is 5.26. The van der Waals surface area contributed by atoms with Crippen LogP contribution in [0.2, 0.25) is 0 Å². The fourth-order valence-corrected chi connectivity index (χ4v) is 1.59. The van der Waals surface area contributed by atoms with Crippen LogP contribution in [-0.2, 0) is 5.88 Å². The van der Waals surface area contributed by atoms with E-state index in [0.717, 1.165) is 11.8 Å². The number of hydrogen-bond acceptors (Lipinski definition) is 2. The van der Waals surface area contributed by atoms with Gasteiger partial charge in [-0.15, -0.1) is 11.6 Å². The molecule has 0 saturated carbocycles. The van der Waals surface area contributed by atoms with Crippen molar-refractivity contribution in [1.29, 1.82) is 0 Å². The minimum Gasteiger partial charge on any atom is -0.319 e. The van der Waals surface area contributed by atoms with Crippen LogP contribution in [0.3, 0.4) is 0 Å². The van der Waals surface area contributed by atoms with Crippen LogP contribution >= 0.6 is 11.6 Å². The summed E-state index contributed by atoms with van der Waals surface area (Å²) < 4.78 is 13.3. The first-order chi connectivity index (χ1) is 8.70. The van der Waals surface area contributed by atoms with Gasteiger partial charge in [-0.05, 0) is 23.8 Å². The summed E-state index contributed by atoms with van der Waals surface area (Å²) in [5.74, 6) is -0.551. The summed E-state index contributed by atoms with van der Waals surface area (Å²) in [6.07, 6.45) is 2.46. The molecule has 0 aliphatic carbocycles. The fraction of sp³-hybridized carbons (Fsp3) is 0.0769. The number of anilines is 1. The molecule has 0 radical (unpaired) electrons. The van der Waals surface area contributed by atoms with Crippen LogP contribution in [0.25, 0.3) is 0 Å². The van der Waals surface area contributed by atoms with Gasteiger partial charge < -0.3 is 5.32 Å². The first-order valence-corrected chi connectivity index (χ1v) is 5.80. The van der Waals surface area contributed by atoms with Gasteiger partial charge in [0.05, 0.1) is 11.9 Å². The van der Waals surface area contributed by atoms with Crippen LogP contribution in [0.5, 0.6) is 0 Å². The Morgan fingerprint density at radius 2 is 2.00 bits per heavy atom. The Morgan fingerprint density at radius 1 is 1.28 bits per heavy atom. The molecule has 0 saturated heterocycles. The zero-order valence-electron chi connectivity index (χ0n) is 9.36. The highest BCUT2D eigenvalue weighted by atomic mass is 35.5. The van der Waals surface area contributed by atoms with E-state index in [4.69, 9.17) is 11.6 Å². The van der Waals surface area contributed by atoms with Crippen LogP contribution in [-0.4, -0.2) is 10.9 Å². The molecule has 18 heavy (non-hydrogen) atoms. The maximum absolute atomic E-state index is 13.3. The van der Waals surface area contributed by atoms with E-state index >= 15 is 0 Å². The third-order valence-corrected chi connectivity index (χ3v) is 2.70. The van der Waals surface area contributed by atoms with Gasteiger partial charge in [-0.1, -0.05) is 12.1 Å². The zero-order valence-corrected chi connectivity index (χ0v) is 10.1. The molecule has 1 amide bonds. The van der Waals surface area contributed by atoms with E-state index in [1.807, 2.05) is 0 Å². The van der Waals surface area contributed by atoms with Crippen LogP contribution in [0, 0.1) is 5.82 Å². The molecule has 0 unspecified atom stereocenters. The molecule has 0 spiro atoms. The van der Waals surface area contributed by atoms with Crippen molar-refractivity contribution in [2.75, 3.05) is 5.32 Å². The topological polar surface area (TPSA) is 42.0 Å². The van der Waals surface area contributed by atoms with Crippen molar-refractivity contribution in [2.45, 2.75) is 5.88 Å². The lowest BCUT2D eigenvalue weighted by atomic mass is 10.1. The van der Waals surface area contributed by atoms with Gasteiger partial charge in [-0.25, -0.2) is 4.39 Å². The van der Waals surface area contributed by atoms with Crippen LogP contribution in [0.1, 0.15) is 15.9 Å². The number of rotatable bonds is 3. The highest BCUT2D eigenvalue weighted by Gasteiger charge is 2.08. The van der Waals surface area contributed by atoms with Crippen LogP contribution in [0.15, 0.2) is 42.7 Å². The summed E-state index contributed by atoms with van der Waals surface area (Å²) in [4.78, 5) is 15.4. The number of halogens is 2. The Hall–Kier alpha value is -1.94. The minimum atomic E-state index is -0.566. The van der Waals surface area contributed by atoms with Crippen molar-refractivity contribution in [3.05, 3.63) is 59.7 Å². The number of nitrogens with one attached hydrogen (secondary N) is 1. The SMILES string of the molecule is O=C(Nc1ccncc1F)c1ccc(CCl)cc1. The van der Waals surface area contributed by atoms with Crippen molar-refractivity contribution in [3.63, 3.8) is 0 Å². The predicted molar refractivity (Wildman–Crippen MR) is 68.1 cm³/mol. The average molecular weight is 265 g/mol. The lowest BCUT2D eigenvalue weighted by Gasteiger charge is -2.06. The Labute approximate surface area is 109 Å². The van der Waals surface area contributed by atoms with Gasteiger partial charge in [0.2, 0.25) is 0 Å². The predicted octanol–water partition coefficient (Wildman–Crippen LogP) is 3.21. The Kier molecular flexibility index (Phi) is 3.89. The largest absolute Gasteiger partial charge is 0.319 e. The van der Waals surface area contributed by atoms with Crippen LogP contribution in [0.4, 0.5) is 10.1 Å². The fourth-order valence-electron chi connectivity index (χ4n) is 1.42. The molecule has 0 aliphatic rings. The van der Waals surface area contributed by atoms with E-state index in [1.54, 1.807) is 24.3 Å². The van der Waals surface area contributed by atoms with Gasteiger partial charge >= 0.3 is 0 Å². The van der Waals surface area contributed by atoms with E-state index in [0.29, 0.717) is 11.4 Å². The highest BCUT2D eigenvalue weighted by molar-refractivity contribution is 6.17. The monoisotopic (exact) mass is 264 g/mol. The molecular weight excluding hydrogens is 255 g/mol. The van der Waals surface area contributed by atoms with Gasteiger partial charge in [0, 0.05) is 17.6 Å². The normalized spacial score (nSPS) is 10.1. The van der Waals surface area contributed by atoms with Crippen LogP contribution < -0.4 is 5.32 Å². The molecule has 0 atom stereocenters. The third kappa shape index (κ3) is 2.84. The van der Waals surface area contributed by atoms with E-state index in [-0.39, 0.29) is 11.6 Å². The molecule has 1 heterocycles. The molecule has 0 bridgehead atoms. The molecule has 1 N–H and O–H groups in total. The molecule has 1 aromatic heterocycles. The molecule has 0 fully saturated rings. The lowest BCUT2D eigenvalue weighted by molar-refractivity contribution is 0.102. The Morgan fingerprint density at radius 3 is 2.61 bits per heavy atom. The number of aromatic nitrogens is 1.